The van der Waals surface area contributed by atoms with Crippen molar-refractivity contribution in [1.82, 2.24) is 19.2 Å². The molecule has 1 saturated heterocycles. The van der Waals surface area contributed by atoms with Crippen LogP contribution in [0.1, 0.15) is 12.8 Å². The Morgan fingerprint density at radius 2 is 2.00 bits per heavy atom. The zero-order chi connectivity index (χ0) is 16.5. The van der Waals surface area contributed by atoms with E-state index in [-0.39, 0.29) is 32.5 Å². The summed E-state index contributed by atoms with van der Waals surface area (Å²) in [6.45, 7) is -0.437. The molecular formula is C12H17F3N4O3. The number of halogens is 3. The number of aryl methyl sites for hydroxylation is 1. The van der Waals surface area contributed by atoms with Gasteiger partial charge in [0, 0.05) is 40.1 Å². The van der Waals surface area contributed by atoms with Crippen molar-refractivity contribution < 1.29 is 22.7 Å². The first-order valence-corrected chi connectivity index (χ1v) is 6.68. The number of aromatic nitrogens is 3. The highest BCUT2D eigenvalue weighted by Crippen LogP contribution is 2.41. The van der Waals surface area contributed by atoms with Crippen LogP contribution in [0.15, 0.2) is 11.1 Å². The summed E-state index contributed by atoms with van der Waals surface area (Å²) in [6, 6.07) is 0. The van der Waals surface area contributed by atoms with Crippen molar-refractivity contribution in [3.8, 4) is 0 Å². The van der Waals surface area contributed by atoms with Gasteiger partial charge in [-0.15, -0.1) is 0 Å². The van der Waals surface area contributed by atoms with E-state index in [4.69, 9.17) is 0 Å². The minimum absolute atomic E-state index is 0.0756. The van der Waals surface area contributed by atoms with Crippen molar-refractivity contribution in [1.29, 1.82) is 0 Å². The molecule has 0 atom stereocenters. The van der Waals surface area contributed by atoms with Crippen molar-refractivity contribution in [3.05, 3.63) is 16.8 Å². The molecule has 1 fully saturated rings. The number of ether oxygens (including phenoxy) is 1. The first-order valence-electron chi connectivity index (χ1n) is 6.68. The lowest BCUT2D eigenvalue weighted by Crippen LogP contribution is -2.56. The number of methoxy groups -OCH3 is 1. The third-order valence-electron chi connectivity index (χ3n) is 4.00. The predicted molar refractivity (Wildman–Crippen MR) is 69.1 cm³/mol. The van der Waals surface area contributed by atoms with Crippen molar-refractivity contribution in [2.24, 2.45) is 7.05 Å². The van der Waals surface area contributed by atoms with Crippen LogP contribution in [0.2, 0.25) is 0 Å². The van der Waals surface area contributed by atoms with E-state index in [1.807, 2.05) is 0 Å². The third-order valence-corrected chi connectivity index (χ3v) is 4.00. The average molecular weight is 322 g/mol. The van der Waals surface area contributed by atoms with Crippen LogP contribution in [0.25, 0.3) is 0 Å². The highest BCUT2D eigenvalue weighted by Gasteiger charge is 2.56. The largest absolute Gasteiger partial charge is 0.417 e. The van der Waals surface area contributed by atoms with E-state index in [0.29, 0.717) is 0 Å². The molecule has 1 aliphatic rings. The minimum atomic E-state index is -4.48. The van der Waals surface area contributed by atoms with E-state index in [1.54, 1.807) is 0 Å². The molecule has 1 amide bonds. The second-order valence-electron chi connectivity index (χ2n) is 5.26. The molecule has 2 rings (SSSR count). The molecule has 124 valence electrons. The molecular weight excluding hydrogens is 305 g/mol. The molecule has 22 heavy (non-hydrogen) atoms. The molecule has 10 heteroatoms. The van der Waals surface area contributed by atoms with Gasteiger partial charge >= 0.3 is 11.9 Å². The molecule has 1 aromatic heterocycles. The molecule has 1 aliphatic heterocycles. The van der Waals surface area contributed by atoms with Gasteiger partial charge in [0.25, 0.3) is 0 Å². The second-order valence-corrected chi connectivity index (χ2v) is 5.26. The predicted octanol–water partition coefficient (Wildman–Crippen LogP) is 0.152. The van der Waals surface area contributed by atoms with Crippen LogP contribution >= 0.6 is 0 Å². The van der Waals surface area contributed by atoms with Gasteiger partial charge in [-0.2, -0.15) is 18.3 Å². The van der Waals surface area contributed by atoms with Gasteiger partial charge in [-0.25, -0.2) is 9.48 Å². The van der Waals surface area contributed by atoms with E-state index in [1.165, 1.54) is 22.8 Å². The summed E-state index contributed by atoms with van der Waals surface area (Å²) in [4.78, 5) is 25.0. The SMILES string of the molecule is COC1(C(F)(F)F)CCN(C(=O)Cn2ncn(C)c2=O)CC1. The summed E-state index contributed by atoms with van der Waals surface area (Å²) in [5, 5.41) is 3.75. The van der Waals surface area contributed by atoms with Crippen LogP contribution < -0.4 is 5.69 Å². The van der Waals surface area contributed by atoms with Gasteiger partial charge in [0.15, 0.2) is 5.60 Å². The molecule has 0 aromatic carbocycles. The monoisotopic (exact) mass is 322 g/mol. The Balaban J connectivity index is 2.01. The summed E-state index contributed by atoms with van der Waals surface area (Å²) >= 11 is 0. The van der Waals surface area contributed by atoms with Gasteiger partial charge in [-0.05, 0) is 0 Å². The number of carbonyl (C=O) groups is 1. The molecule has 0 bridgehead atoms. The number of amides is 1. The van der Waals surface area contributed by atoms with Crippen molar-refractivity contribution in [3.63, 3.8) is 0 Å². The summed E-state index contributed by atoms with van der Waals surface area (Å²) in [7, 11) is 2.52. The average Bonchev–Trinajstić information content (AvgIpc) is 2.78. The Kier molecular flexibility index (Phi) is 4.32. The van der Waals surface area contributed by atoms with Gasteiger partial charge in [0.1, 0.15) is 12.9 Å². The second kappa shape index (κ2) is 5.75. The lowest BCUT2D eigenvalue weighted by molar-refractivity contribution is -0.281. The Morgan fingerprint density at radius 1 is 1.41 bits per heavy atom. The zero-order valence-electron chi connectivity index (χ0n) is 12.3. The van der Waals surface area contributed by atoms with Gasteiger partial charge in [-0.3, -0.25) is 9.36 Å². The lowest BCUT2D eigenvalue weighted by Gasteiger charge is -2.41. The highest BCUT2D eigenvalue weighted by molar-refractivity contribution is 5.76. The number of piperidine rings is 1. The number of carbonyl (C=O) groups excluding carboxylic acids is 1. The van der Waals surface area contributed by atoms with Gasteiger partial charge in [0.05, 0.1) is 0 Å². The molecule has 0 spiro atoms. The van der Waals surface area contributed by atoms with Crippen molar-refractivity contribution >= 4 is 5.91 Å². The number of likely N-dealkylation sites (tertiary alicyclic amines) is 1. The fourth-order valence-corrected chi connectivity index (χ4v) is 2.48. The summed E-state index contributed by atoms with van der Waals surface area (Å²) in [6.07, 6.45) is -3.86. The summed E-state index contributed by atoms with van der Waals surface area (Å²) in [5.41, 5.74) is -2.65. The van der Waals surface area contributed by atoms with E-state index >= 15 is 0 Å². The number of alkyl halides is 3. The van der Waals surface area contributed by atoms with Crippen LogP contribution in [-0.2, 0) is 23.1 Å². The molecule has 0 unspecified atom stereocenters. The Hall–Kier alpha value is -1.84. The number of rotatable bonds is 3. The topological polar surface area (TPSA) is 69.4 Å². The Bertz CT molecular complexity index is 599. The highest BCUT2D eigenvalue weighted by atomic mass is 19.4. The first kappa shape index (κ1) is 16.5. The van der Waals surface area contributed by atoms with Crippen LogP contribution in [-0.4, -0.2) is 57.1 Å². The summed E-state index contributed by atoms with van der Waals surface area (Å²) in [5.74, 6) is -0.437. The lowest BCUT2D eigenvalue weighted by atomic mass is 9.90. The van der Waals surface area contributed by atoms with Crippen LogP contribution in [0.3, 0.4) is 0 Å². The Labute approximate surface area is 124 Å². The maximum Gasteiger partial charge on any atom is 0.417 e. The molecule has 1 aromatic rings. The summed E-state index contributed by atoms with van der Waals surface area (Å²) < 4.78 is 46.0. The van der Waals surface area contributed by atoms with Gasteiger partial charge < -0.3 is 9.64 Å². The molecule has 0 radical (unpaired) electrons. The van der Waals surface area contributed by atoms with Gasteiger partial charge in [0.2, 0.25) is 5.91 Å². The standard InChI is InChI=1S/C12H17F3N4O3/c1-17-8-16-19(10(17)21)7-9(20)18-5-3-11(22-2,4-6-18)12(13,14)15/h8H,3-7H2,1-2H3. The van der Waals surface area contributed by atoms with E-state index in [2.05, 4.69) is 9.84 Å². The number of hydrogen-bond donors (Lipinski definition) is 0. The minimum Gasteiger partial charge on any atom is -0.369 e. The maximum absolute atomic E-state index is 13.0. The third kappa shape index (κ3) is 2.87. The zero-order valence-corrected chi connectivity index (χ0v) is 12.3. The molecule has 7 nitrogen and oxygen atoms in total. The van der Waals surface area contributed by atoms with Crippen molar-refractivity contribution in [2.75, 3.05) is 20.2 Å². The van der Waals surface area contributed by atoms with Gasteiger partial charge in [-0.1, -0.05) is 0 Å². The fourth-order valence-electron chi connectivity index (χ4n) is 2.48. The van der Waals surface area contributed by atoms with E-state index in [0.717, 1.165) is 11.8 Å². The molecule has 2 heterocycles. The van der Waals surface area contributed by atoms with Crippen LogP contribution in [0.5, 0.6) is 0 Å². The maximum atomic E-state index is 13.0. The molecule has 0 N–H and O–H groups in total. The van der Waals surface area contributed by atoms with Crippen LogP contribution in [0.4, 0.5) is 13.2 Å². The smallest absolute Gasteiger partial charge is 0.369 e. The van der Waals surface area contributed by atoms with Crippen LogP contribution in [0, 0.1) is 0 Å². The normalized spacial score (nSPS) is 18.5. The molecule has 0 saturated carbocycles. The quantitative estimate of drug-likeness (QED) is 0.794. The number of nitrogens with zero attached hydrogens (tertiary/aromatic N) is 4. The fraction of sp³-hybridized carbons (Fsp3) is 0.750. The Morgan fingerprint density at radius 3 is 2.41 bits per heavy atom. The van der Waals surface area contributed by atoms with E-state index in [9.17, 15) is 22.8 Å². The molecule has 0 aliphatic carbocycles. The number of hydrogen-bond acceptors (Lipinski definition) is 4. The van der Waals surface area contributed by atoms with Crippen molar-refractivity contribution in [2.45, 2.75) is 31.2 Å². The van der Waals surface area contributed by atoms with E-state index < -0.39 is 23.4 Å². The first-order chi connectivity index (χ1) is 10.2.